The lowest BCUT2D eigenvalue weighted by Gasteiger charge is -2.11. The van der Waals surface area contributed by atoms with E-state index in [0.717, 1.165) is 29.4 Å². The first-order chi connectivity index (χ1) is 9.33. The number of hydrogen-bond donors (Lipinski definition) is 1. The van der Waals surface area contributed by atoms with E-state index < -0.39 is 0 Å². The minimum absolute atomic E-state index is 0. The van der Waals surface area contributed by atoms with Crippen LogP contribution >= 0.6 is 0 Å². The molecule has 4 nitrogen and oxygen atoms in total. The van der Waals surface area contributed by atoms with E-state index in [1.54, 1.807) is 13.4 Å². The zero-order chi connectivity index (χ0) is 13.5. The summed E-state index contributed by atoms with van der Waals surface area (Å²) in [6.07, 6.45) is 1.68. The summed E-state index contributed by atoms with van der Waals surface area (Å²) in [5.74, 6) is 2.47. The third-order valence-electron chi connectivity index (χ3n) is 2.74. The van der Waals surface area contributed by atoms with Gasteiger partial charge in [-0.05, 0) is 36.8 Å². The van der Waals surface area contributed by atoms with E-state index in [0.29, 0.717) is 13.2 Å². The molecule has 1 aromatic carbocycles. The van der Waals surface area contributed by atoms with E-state index >= 15 is 0 Å². The Bertz CT molecular complexity index is 500. The number of rotatable bonds is 7. The molecule has 1 aromatic heterocycles. The van der Waals surface area contributed by atoms with Crippen LogP contribution in [0.5, 0.6) is 11.5 Å². The SMILES string of the molecule is CCOc1cc(CNCc2ccco2)ccc1OC.[Cl-]. The molecule has 0 aliphatic carbocycles. The lowest BCUT2D eigenvalue weighted by molar-refractivity contribution is -0.00000522. The quantitative estimate of drug-likeness (QED) is 0.780. The molecule has 0 saturated heterocycles. The number of ether oxygens (including phenoxy) is 2. The number of halogens is 1. The summed E-state index contributed by atoms with van der Waals surface area (Å²) >= 11 is 0. The van der Waals surface area contributed by atoms with Crippen LogP contribution < -0.4 is 27.2 Å². The molecule has 0 amide bonds. The van der Waals surface area contributed by atoms with Gasteiger partial charge in [0.15, 0.2) is 11.5 Å². The third kappa shape index (κ3) is 4.47. The van der Waals surface area contributed by atoms with Gasteiger partial charge in [-0.3, -0.25) is 0 Å². The zero-order valence-electron chi connectivity index (χ0n) is 11.7. The van der Waals surface area contributed by atoms with Gasteiger partial charge in [0.1, 0.15) is 5.76 Å². The highest BCUT2D eigenvalue weighted by molar-refractivity contribution is 5.42. The molecule has 1 N–H and O–H groups in total. The zero-order valence-corrected chi connectivity index (χ0v) is 12.4. The van der Waals surface area contributed by atoms with Crippen molar-refractivity contribution in [2.75, 3.05) is 13.7 Å². The topological polar surface area (TPSA) is 43.6 Å². The normalized spacial score (nSPS) is 9.90. The Morgan fingerprint density at radius 2 is 2.00 bits per heavy atom. The predicted molar refractivity (Wildman–Crippen MR) is 73.4 cm³/mol. The molecule has 0 spiro atoms. The average Bonchev–Trinajstić information content (AvgIpc) is 2.93. The Labute approximate surface area is 125 Å². The second-order valence-electron chi connectivity index (χ2n) is 4.10. The Hall–Kier alpha value is -1.65. The highest BCUT2D eigenvalue weighted by Crippen LogP contribution is 2.27. The van der Waals surface area contributed by atoms with Crippen LogP contribution in [0.3, 0.4) is 0 Å². The third-order valence-corrected chi connectivity index (χ3v) is 2.74. The second kappa shape index (κ2) is 8.51. The number of methoxy groups -OCH3 is 1. The van der Waals surface area contributed by atoms with Crippen LogP contribution in [0.1, 0.15) is 18.2 Å². The van der Waals surface area contributed by atoms with Crippen molar-refractivity contribution in [1.29, 1.82) is 0 Å². The van der Waals surface area contributed by atoms with Crippen molar-refractivity contribution in [2.24, 2.45) is 0 Å². The van der Waals surface area contributed by atoms with Gasteiger partial charge in [-0.25, -0.2) is 0 Å². The number of furan rings is 1. The van der Waals surface area contributed by atoms with Crippen molar-refractivity contribution in [3.8, 4) is 11.5 Å². The van der Waals surface area contributed by atoms with Gasteiger partial charge >= 0.3 is 0 Å². The molecule has 0 saturated carbocycles. The minimum atomic E-state index is 0. The summed E-state index contributed by atoms with van der Waals surface area (Å²) in [5.41, 5.74) is 1.15. The largest absolute Gasteiger partial charge is 1.00 e. The van der Waals surface area contributed by atoms with Crippen molar-refractivity contribution in [1.82, 2.24) is 5.32 Å². The molecule has 2 aromatic rings. The van der Waals surface area contributed by atoms with Crippen molar-refractivity contribution < 1.29 is 26.3 Å². The van der Waals surface area contributed by atoms with Crippen molar-refractivity contribution in [3.63, 3.8) is 0 Å². The Morgan fingerprint density at radius 1 is 1.15 bits per heavy atom. The predicted octanol–water partition coefficient (Wildman–Crippen LogP) is -0.0193. The number of benzene rings is 1. The molecule has 0 aliphatic heterocycles. The molecule has 110 valence electrons. The fraction of sp³-hybridized carbons (Fsp3) is 0.333. The fourth-order valence-electron chi connectivity index (χ4n) is 1.84. The van der Waals surface area contributed by atoms with E-state index in [4.69, 9.17) is 13.9 Å². The number of hydrogen-bond acceptors (Lipinski definition) is 4. The maximum atomic E-state index is 5.55. The van der Waals surface area contributed by atoms with E-state index in [-0.39, 0.29) is 12.4 Å². The summed E-state index contributed by atoms with van der Waals surface area (Å²) in [4.78, 5) is 0. The van der Waals surface area contributed by atoms with Gasteiger partial charge in [-0.15, -0.1) is 0 Å². The maximum absolute atomic E-state index is 5.55. The Morgan fingerprint density at radius 3 is 2.65 bits per heavy atom. The first-order valence-electron chi connectivity index (χ1n) is 6.36. The average molecular weight is 297 g/mol. The van der Waals surface area contributed by atoms with Crippen molar-refractivity contribution in [3.05, 3.63) is 47.9 Å². The van der Waals surface area contributed by atoms with Crippen molar-refractivity contribution in [2.45, 2.75) is 20.0 Å². The van der Waals surface area contributed by atoms with Gasteiger partial charge in [-0.1, -0.05) is 6.07 Å². The van der Waals surface area contributed by atoms with E-state index in [1.807, 2.05) is 37.3 Å². The molecule has 0 atom stereocenters. The molecule has 0 radical (unpaired) electrons. The molecule has 0 unspecified atom stereocenters. The van der Waals surface area contributed by atoms with Crippen LogP contribution in [-0.4, -0.2) is 13.7 Å². The Kier molecular flexibility index (Phi) is 6.98. The molecule has 1 heterocycles. The van der Waals surface area contributed by atoms with Gasteiger partial charge in [-0.2, -0.15) is 0 Å². The highest BCUT2D eigenvalue weighted by Gasteiger charge is 2.05. The van der Waals surface area contributed by atoms with Crippen molar-refractivity contribution >= 4 is 0 Å². The van der Waals surface area contributed by atoms with E-state index in [9.17, 15) is 0 Å². The molecule has 5 heteroatoms. The summed E-state index contributed by atoms with van der Waals surface area (Å²) in [6, 6.07) is 9.78. The molecule has 2 rings (SSSR count). The van der Waals surface area contributed by atoms with Crippen LogP contribution in [0.4, 0.5) is 0 Å². The lowest BCUT2D eigenvalue weighted by Crippen LogP contribution is -3.00. The van der Waals surface area contributed by atoms with Gasteiger partial charge < -0.3 is 31.6 Å². The van der Waals surface area contributed by atoms with Crippen LogP contribution in [0.2, 0.25) is 0 Å². The number of nitrogens with one attached hydrogen (secondary N) is 1. The first kappa shape index (κ1) is 16.4. The summed E-state index contributed by atoms with van der Waals surface area (Å²) in [6.45, 7) is 4.05. The Balaban J connectivity index is 0.00000200. The molecule has 20 heavy (non-hydrogen) atoms. The monoisotopic (exact) mass is 296 g/mol. The maximum Gasteiger partial charge on any atom is 0.161 e. The first-order valence-corrected chi connectivity index (χ1v) is 6.36. The summed E-state index contributed by atoms with van der Waals surface area (Å²) in [7, 11) is 1.65. The van der Waals surface area contributed by atoms with Crippen LogP contribution in [0, 0.1) is 0 Å². The smallest absolute Gasteiger partial charge is 0.161 e. The van der Waals surface area contributed by atoms with E-state index in [2.05, 4.69) is 5.32 Å². The lowest BCUT2D eigenvalue weighted by atomic mass is 10.2. The van der Waals surface area contributed by atoms with Gasteiger partial charge in [0.25, 0.3) is 0 Å². The molecule has 0 fully saturated rings. The minimum Gasteiger partial charge on any atom is -1.00 e. The highest BCUT2D eigenvalue weighted by atomic mass is 35.5. The van der Waals surface area contributed by atoms with Crippen LogP contribution in [0.25, 0.3) is 0 Å². The summed E-state index contributed by atoms with van der Waals surface area (Å²) < 4.78 is 16.1. The van der Waals surface area contributed by atoms with Gasteiger partial charge in [0.2, 0.25) is 0 Å². The summed E-state index contributed by atoms with van der Waals surface area (Å²) in [5, 5.41) is 3.32. The fourth-order valence-corrected chi connectivity index (χ4v) is 1.84. The van der Waals surface area contributed by atoms with E-state index in [1.165, 1.54) is 0 Å². The molecule has 0 bridgehead atoms. The van der Waals surface area contributed by atoms with Gasteiger partial charge in [0.05, 0.1) is 26.5 Å². The molecular formula is C15H19ClNO3-. The molecular weight excluding hydrogens is 278 g/mol. The standard InChI is InChI=1S/C15H19NO3.ClH/c1-3-18-15-9-12(6-7-14(15)17-2)10-16-11-13-5-4-8-19-13;/h4-9,16H,3,10-11H2,1-2H3;1H/p-1. The van der Waals surface area contributed by atoms with Crippen LogP contribution in [0.15, 0.2) is 41.0 Å². The molecule has 0 aliphatic rings. The van der Waals surface area contributed by atoms with Gasteiger partial charge in [0, 0.05) is 6.54 Å². The van der Waals surface area contributed by atoms with Crippen LogP contribution in [-0.2, 0) is 13.1 Å². The second-order valence-corrected chi connectivity index (χ2v) is 4.10.